The Morgan fingerprint density at radius 2 is 1.72 bits per heavy atom. The zero-order valence-electron chi connectivity index (χ0n) is 16.4. The number of para-hydroxylation sites is 1. The molecule has 1 aromatic heterocycles. The number of carbonyl (C=O) groups is 1. The number of hydrogen-bond donors (Lipinski definition) is 1. The molecule has 4 rings (SSSR count). The molecule has 1 N–H and O–H groups in total. The molecule has 1 aliphatic rings. The first-order valence-electron chi connectivity index (χ1n) is 9.68. The molecular formula is C23H24N4O2. The molecule has 1 aliphatic heterocycles. The third-order valence-electron chi connectivity index (χ3n) is 5.03. The van der Waals surface area contributed by atoms with Gasteiger partial charge in [0, 0.05) is 49.8 Å². The Kier molecular flexibility index (Phi) is 5.61. The van der Waals surface area contributed by atoms with Gasteiger partial charge in [0.2, 0.25) is 0 Å². The van der Waals surface area contributed by atoms with Crippen LogP contribution in [0.15, 0.2) is 73.1 Å². The summed E-state index contributed by atoms with van der Waals surface area (Å²) < 4.78 is 5.25. The van der Waals surface area contributed by atoms with Crippen LogP contribution in [0.4, 0.5) is 17.1 Å². The highest BCUT2D eigenvalue weighted by Crippen LogP contribution is 2.22. The van der Waals surface area contributed by atoms with Gasteiger partial charge in [-0.2, -0.15) is 0 Å². The molecule has 6 heteroatoms. The average Bonchev–Trinajstić information content (AvgIpc) is 2.79. The second kappa shape index (κ2) is 8.65. The van der Waals surface area contributed by atoms with E-state index in [0.29, 0.717) is 18.7 Å². The van der Waals surface area contributed by atoms with Crippen LogP contribution in [0.1, 0.15) is 10.4 Å². The number of anilines is 3. The summed E-state index contributed by atoms with van der Waals surface area (Å²) in [6, 6.07) is 19.8. The minimum absolute atomic E-state index is 0.0134. The molecule has 6 nitrogen and oxygen atoms in total. The standard InChI is InChI=1S/C23H24N4O2/c1-29-22-9-5-6-19(15-22)25-20-14-18(16-24-17-20)23(28)27-12-10-26(11-13-27)21-7-3-2-4-8-21/h2-9,14-17,25H,10-13H2,1H3. The minimum Gasteiger partial charge on any atom is -0.497 e. The van der Waals surface area contributed by atoms with Crippen molar-refractivity contribution in [2.75, 3.05) is 43.5 Å². The molecule has 148 valence electrons. The first-order valence-corrected chi connectivity index (χ1v) is 9.68. The number of benzene rings is 2. The molecule has 0 saturated carbocycles. The number of hydrogen-bond acceptors (Lipinski definition) is 5. The fraction of sp³-hybridized carbons (Fsp3) is 0.217. The Bertz CT molecular complexity index is 969. The van der Waals surface area contributed by atoms with E-state index in [4.69, 9.17) is 4.74 Å². The molecule has 0 atom stereocenters. The highest BCUT2D eigenvalue weighted by molar-refractivity contribution is 5.95. The summed E-state index contributed by atoms with van der Waals surface area (Å²) in [5.41, 5.74) is 3.44. The van der Waals surface area contributed by atoms with Crippen molar-refractivity contribution >= 4 is 23.0 Å². The lowest BCUT2D eigenvalue weighted by molar-refractivity contribution is 0.0746. The van der Waals surface area contributed by atoms with Crippen LogP contribution in [0.2, 0.25) is 0 Å². The number of amides is 1. The smallest absolute Gasteiger partial charge is 0.255 e. The van der Waals surface area contributed by atoms with E-state index < -0.39 is 0 Å². The van der Waals surface area contributed by atoms with Crippen molar-refractivity contribution in [1.29, 1.82) is 0 Å². The van der Waals surface area contributed by atoms with Crippen LogP contribution >= 0.6 is 0 Å². The Hall–Kier alpha value is -3.54. The first kappa shape index (κ1) is 18.8. The topological polar surface area (TPSA) is 57.7 Å². The number of pyridine rings is 1. The average molecular weight is 388 g/mol. The number of rotatable bonds is 5. The van der Waals surface area contributed by atoms with E-state index in [1.54, 1.807) is 19.5 Å². The van der Waals surface area contributed by atoms with Crippen LogP contribution < -0.4 is 15.0 Å². The Morgan fingerprint density at radius 3 is 2.48 bits per heavy atom. The number of carbonyl (C=O) groups excluding carboxylic acids is 1. The van der Waals surface area contributed by atoms with Crippen molar-refractivity contribution in [2.24, 2.45) is 0 Å². The third kappa shape index (κ3) is 4.48. The highest BCUT2D eigenvalue weighted by atomic mass is 16.5. The van der Waals surface area contributed by atoms with Gasteiger partial charge in [-0.15, -0.1) is 0 Å². The Balaban J connectivity index is 1.41. The zero-order chi connectivity index (χ0) is 20.1. The second-order valence-electron chi connectivity index (χ2n) is 6.93. The maximum atomic E-state index is 13.0. The summed E-state index contributed by atoms with van der Waals surface area (Å²) in [4.78, 5) is 21.4. The monoisotopic (exact) mass is 388 g/mol. The van der Waals surface area contributed by atoms with Crippen molar-refractivity contribution in [3.8, 4) is 5.75 Å². The van der Waals surface area contributed by atoms with E-state index in [9.17, 15) is 4.79 Å². The molecule has 2 aromatic carbocycles. The van der Waals surface area contributed by atoms with Gasteiger partial charge in [0.1, 0.15) is 5.75 Å². The number of methoxy groups -OCH3 is 1. The normalized spacial score (nSPS) is 13.8. The summed E-state index contributed by atoms with van der Waals surface area (Å²) in [5, 5.41) is 3.28. The molecule has 2 heterocycles. The summed E-state index contributed by atoms with van der Waals surface area (Å²) in [6.45, 7) is 3.04. The Labute approximate surface area is 170 Å². The van der Waals surface area contributed by atoms with Gasteiger partial charge < -0.3 is 19.9 Å². The SMILES string of the molecule is COc1cccc(Nc2cncc(C(=O)N3CCN(c4ccccc4)CC3)c2)c1. The molecule has 0 bridgehead atoms. The molecule has 1 amide bonds. The van der Waals surface area contributed by atoms with Crippen LogP contribution in [-0.2, 0) is 0 Å². The van der Waals surface area contributed by atoms with Crippen LogP contribution in [0, 0.1) is 0 Å². The third-order valence-corrected chi connectivity index (χ3v) is 5.03. The van der Waals surface area contributed by atoms with Crippen LogP contribution in [0.25, 0.3) is 0 Å². The molecule has 29 heavy (non-hydrogen) atoms. The van der Waals surface area contributed by atoms with E-state index in [1.807, 2.05) is 53.4 Å². The molecule has 0 unspecified atom stereocenters. The lowest BCUT2D eigenvalue weighted by Gasteiger charge is -2.36. The van der Waals surface area contributed by atoms with Crippen LogP contribution in [0.5, 0.6) is 5.75 Å². The van der Waals surface area contributed by atoms with E-state index in [2.05, 4.69) is 27.3 Å². The quantitative estimate of drug-likeness (QED) is 0.721. The zero-order valence-corrected chi connectivity index (χ0v) is 16.4. The van der Waals surface area contributed by atoms with Crippen molar-refractivity contribution in [3.63, 3.8) is 0 Å². The second-order valence-corrected chi connectivity index (χ2v) is 6.93. The molecule has 3 aromatic rings. The van der Waals surface area contributed by atoms with Gasteiger partial charge in [0.25, 0.3) is 5.91 Å². The minimum atomic E-state index is 0.0134. The predicted molar refractivity (Wildman–Crippen MR) is 115 cm³/mol. The highest BCUT2D eigenvalue weighted by Gasteiger charge is 2.22. The molecule has 0 spiro atoms. The fourth-order valence-corrected chi connectivity index (χ4v) is 3.48. The van der Waals surface area contributed by atoms with Gasteiger partial charge >= 0.3 is 0 Å². The number of nitrogens with zero attached hydrogens (tertiary/aromatic N) is 3. The number of nitrogens with one attached hydrogen (secondary N) is 1. The Morgan fingerprint density at radius 1 is 0.931 bits per heavy atom. The summed E-state index contributed by atoms with van der Waals surface area (Å²) in [7, 11) is 1.64. The largest absolute Gasteiger partial charge is 0.497 e. The van der Waals surface area contributed by atoms with Crippen molar-refractivity contribution in [1.82, 2.24) is 9.88 Å². The molecule has 0 radical (unpaired) electrons. The van der Waals surface area contributed by atoms with Crippen molar-refractivity contribution in [3.05, 3.63) is 78.6 Å². The van der Waals surface area contributed by atoms with Gasteiger partial charge in [-0.05, 0) is 30.3 Å². The molecule has 0 aliphatic carbocycles. The predicted octanol–water partition coefficient (Wildman–Crippen LogP) is 3.80. The summed E-state index contributed by atoms with van der Waals surface area (Å²) >= 11 is 0. The number of ether oxygens (including phenoxy) is 1. The van der Waals surface area contributed by atoms with Gasteiger partial charge in [-0.1, -0.05) is 24.3 Å². The van der Waals surface area contributed by atoms with Gasteiger partial charge in [-0.25, -0.2) is 0 Å². The summed E-state index contributed by atoms with van der Waals surface area (Å²) in [6.07, 6.45) is 3.34. The maximum Gasteiger partial charge on any atom is 0.255 e. The molecule has 1 saturated heterocycles. The van der Waals surface area contributed by atoms with Crippen LogP contribution in [-0.4, -0.2) is 49.1 Å². The molecular weight excluding hydrogens is 364 g/mol. The molecule has 1 fully saturated rings. The lowest BCUT2D eigenvalue weighted by Crippen LogP contribution is -2.48. The van der Waals surface area contributed by atoms with Gasteiger partial charge in [0.05, 0.1) is 24.6 Å². The number of aromatic nitrogens is 1. The fourth-order valence-electron chi connectivity index (χ4n) is 3.48. The van der Waals surface area contributed by atoms with Crippen LogP contribution in [0.3, 0.4) is 0 Å². The van der Waals surface area contributed by atoms with Crippen molar-refractivity contribution < 1.29 is 9.53 Å². The van der Waals surface area contributed by atoms with E-state index >= 15 is 0 Å². The van der Waals surface area contributed by atoms with Crippen molar-refractivity contribution in [2.45, 2.75) is 0 Å². The first-order chi connectivity index (χ1) is 14.2. The van der Waals surface area contributed by atoms with E-state index in [1.165, 1.54) is 5.69 Å². The lowest BCUT2D eigenvalue weighted by atomic mass is 10.2. The maximum absolute atomic E-state index is 13.0. The number of piperazine rings is 1. The van der Waals surface area contributed by atoms with E-state index in [-0.39, 0.29) is 5.91 Å². The van der Waals surface area contributed by atoms with E-state index in [0.717, 1.165) is 30.2 Å². The van der Waals surface area contributed by atoms with Gasteiger partial charge in [0.15, 0.2) is 0 Å². The van der Waals surface area contributed by atoms with Gasteiger partial charge in [-0.3, -0.25) is 9.78 Å². The summed E-state index contributed by atoms with van der Waals surface area (Å²) in [5.74, 6) is 0.783.